The van der Waals surface area contributed by atoms with Crippen LogP contribution in [-0.4, -0.2) is 0 Å². The van der Waals surface area contributed by atoms with E-state index in [0.29, 0.717) is 0 Å². The first-order valence-electron chi connectivity index (χ1n) is 4.62. The smallest absolute Gasteiger partial charge is 0.0166 e. The zero-order chi connectivity index (χ0) is 8.49. The Morgan fingerprint density at radius 3 is 1.50 bits per heavy atom. The van der Waals surface area contributed by atoms with Crippen molar-refractivity contribution in [3.63, 3.8) is 0 Å². The van der Waals surface area contributed by atoms with Crippen molar-refractivity contribution in [1.29, 1.82) is 0 Å². The summed E-state index contributed by atoms with van der Waals surface area (Å²) >= 11 is 0. The Labute approximate surface area is 75.0 Å². The molecule has 1 aliphatic carbocycles. The van der Waals surface area contributed by atoms with E-state index in [2.05, 4.69) is 48.6 Å². The van der Waals surface area contributed by atoms with Gasteiger partial charge < -0.3 is 0 Å². The summed E-state index contributed by atoms with van der Waals surface area (Å²) in [4.78, 5) is 0. The Morgan fingerprint density at radius 2 is 1.00 bits per heavy atom. The van der Waals surface area contributed by atoms with E-state index in [4.69, 9.17) is 0 Å². The molecule has 0 heteroatoms. The standard InChI is InChI=1S/C12H16/c1-2-4-6-8-10-12-11-9-7-5-3-1/h1-4,7-10H,5-6,11-12H2/b3-1-,4-2+,9-7?,10-8-. The van der Waals surface area contributed by atoms with Crippen LogP contribution in [0.1, 0.15) is 25.7 Å². The fraction of sp³-hybridized carbons (Fsp3) is 0.333. The minimum absolute atomic E-state index is 1.06. The quantitative estimate of drug-likeness (QED) is 0.473. The van der Waals surface area contributed by atoms with Crippen molar-refractivity contribution >= 4 is 0 Å². The number of hydrogen-bond acceptors (Lipinski definition) is 0. The van der Waals surface area contributed by atoms with Crippen LogP contribution in [0.3, 0.4) is 0 Å². The van der Waals surface area contributed by atoms with E-state index in [1.54, 1.807) is 0 Å². The first kappa shape index (κ1) is 9.05. The molecule has 1 rings (SSSR count). The summed E-state index contributed by atoms with van der Waals surface area (Å²) in [5.41, 5.74) is 0. The maximum Gasteiger partial charge on any atom is -0.0166 e. The highest BCUT2D eigenvalue weighted by Gasteiger charge is 1.77. The van der Waals surface area contributed by atoms with Crippen molar-refractivity contribution in [1.82, 2.24) is 0 Å². The Kier molecular flexibility index (Phi) is 5.02. The van der Waals surface area contributed by atoms with Gasteiger partial charge in [-0.25, -0.2) is 0 Å². The van der Waals surface area contributed by atoms with Crippen LogP contribution in [0.2, 0.25) is 0 Å². The molecule has 64 valence electrons. The van der Waals surface area contributed by atoms with Crippen molar-refractivity contribution < 1.29 is 0 Å². The fourth-order valence-electron chi connectivity index (χ4n) is 1.09. The maximum atomic E-state index is 2.25. The largest absolute Gasteiger partial charge is 0.0879 e. The van der Waals surface area contributed by atoms with Gasteiger partial charge in [0.2, 0.25) is 0 Å². The van der Waals surface area contributed by atoms with Gasteiger partial charge in [-0.1, -0.05) is 48.6 Å². The third-order valence-electron chi connectivity index (χ3n) is 1.76. The molecule has 0 N–H and O–H groups in total. The molecule has 1 aliphatic rings. The van der Waals surface area contributed by atoms with Gasteiger partial charge in [0.15, 0.2) is 0 Å². The third kappa shape index (κ3) is 4.73. The van der Waals surface area contributed by atoms with Gasteiger partial charge in [-0.2, -0.15) is 0 Å². The Bertz CT molecular complexity index is 180. The monoisotopic (exact) mass is 160 g/mol. The summed E-state index contributed by atoms with van der Waals surface area (Å²) in [6.07, 6.45) is 22.0. The summed E-state index contributed by atoms with van der Waals surface area (Å²) in [5, 5.41) is 0. The van der Waals surface area contributed by atoms with E-state index in [0.717, 1.165) is 12.8 Å². The van der Waals surface area contributed by atoms with Crippen molar-refractivity contribution in [2.45, 2.75) is 25.7 Å². The fourth-order valence-corrected chi connectivity index (χ4v) is 1.09. The van der Waals surface area contributed by atoms with Gasteiger partial charge in [0.25, 0.3) is 0 Å². The predicted molar refractivity (Wildman–Crippen MR) is 55.0 cm³/mol. The lowest BCUT2D eigenvalue weighted by molar-refractivity contribution is 1.04. The van der Waals surface area contributed by atoms with Gasteiger partial charge in [-0.15, -0.1) is 0 Å². The van der Waals surface area contributed by atoms with Gasteiger partial charge in [-0.3, -0.25) is 0 Å². The molecule has 0 unspecified atom stereocenters. The van der Waals surface area contributed by atoms with Crippen LogP contribution in [0, 0.1) is 0 Å². The molecule has 12 heavy (non-hydrogen) atoms. The second-order valence-corrected chi connectivity index (χ2v) is 2.85. The molecule has 0 radical (unpaired) electrons. The third-order valence-corrected chi connectivity index (χ3v) is 1.76. The molecule has 0 spiro atoms. The average molecular weight is 160 g/mol. The Hall–Kier alpha value is -1.04. The molecule has 0 bridgehead atoms. The lowest BCUT2D eigenvalue weighted by Crippen LogP contribution is -1.67. The van der Waals surface area contributed by atoms with Crippen molar-refractivity contribution in [2.24, 2.45) is 0 Å². The first-order chi connectivity index (χ1) is 6.00. The van der Waals surface area contributed by atoms with E-state index in [1.807, 2.05) is 0 Å². The van der Waals surface area contributed by atoms with Crippen LogP contribution in [0.4, 0.5) is 0 Å². The summed E-state index contributed by atoms with van der Waals surface area (Å²) in [5.74, 6) is 0. The van der Waals surface area contributed by atoms with Gasteiger partial charge >= 0.3 is 0 Å². The average Bonchev–Trinajstić information content (AvgIpc) is 2.05. The molecule has 0 heterocycles. The summed E-state index contributed by atoms with van der Waals surface area (Å²) in [6.45, 7) is 0. The van der Waals surface area contributed by atoms with Crippen LogP contribution in [-0.2, 0) is 0 Å². The van der Waals surface area contributed by atoms with E-state index < -0.39 is 0 Å². The molecule has 0 aromatic carbocycles. The molecule has 0 aromatic rings. The van der Waals surface area contributed by atoms with Crippen LogP contribution in [0.15, 0.2) is 48.6 Å². The number of rotatable bonds is 0. The van der Waals surface area contributed by atoms with Gasteiger partial charge in [-0.05, 0) is 25.7 Å². The summed E-state index contributed by atoms with van der Waals surface area (Å²) < 4.78 is 0. The van der Waals surface area contributed by atoms with Crippen molar-refractivity contribution in [3.8, 4) is 0 Å². The van der Waals surface area contributed by atoms with E-state index in [9.17, 15) is 0 Å². The van der Waals surface area contributed by atoms with E-state index in [1.165, 1.54) is 12.8 Å². The highest BCUT2D eigenvalue weighted by atomic mass is 13.8. The second kappa shape index (κ2) is 6.66. The highest BCUT2D eigenvalue weighted by Crippen LogP contribution is 1.98. The molecule has 0 fully saturated rings. The lowest BCUT2D eigenvalue weighted by atomic mass is 10.2. The normalized spacial score (nSPS) is 26.7. The molecule has 0 atom stereocenters. The van der Waals surface area contributed by atoms with Gasteiger partial charge in [0.05, 0.1) is 0 Å². The maximum absolute atomic E-state index is 2.25. The molecule has 0 aromatic heterocycles. The molecular weight excluding hydrogens is 144 g/mol. The van der Waals surface area contributed by atoms with E-state index in [-0.39, 0.29) is 0 Å². The van der Waals surface area contributed by atoms with Crippen molar-refractivity contribution in [3.05, 3.63) is 48.6 Å². The lowest BCUT2D eigenvalue weighted by Gasteiger charge is -1.88. The molecule has 0 nitrogen and oxygen atoms in total. The Balaban J connectivity index is 2.41. The molecule has 0 saturated carbocycles. The van der Waals surface area contributed by atoms with Gasteiger partial charge in [0, 0.05) is 0 Å². The Morgan fingerprint density at radius 1 is 0.500 bits per heavy atom. The van der Waals surface area contributed by atoms with Gasteiger partial charge in [0.1, 0.15) is 0 Å². The molecule has 0 saturated heterocycles. The molecule has 0 aliphatic heterocycles. The second-order valence-electron chi connectivity index (χ2n) is 2.85. The van der Waals surface area contributed by atoms with Crippen LogP contribution in [0.5, 0.6) is 0 Å². The minimum Gasteiger partial charge on any atom is -0.0879 e. The van der Waals surface area contributed by atoms with Crippen LogP contribution < -0.4 is 0 Å². The zero-order valence-corrected chi connectivity index (χ0v) is 7.45. The van der Waals surface area contributed by atoms with Crippen LogP contribution in [0.25, 0.3) is 0 Å². The number of hydrogen-bond donors (Lipinski definition) is 0. The predicted octanol–water partition coefficient (Wildman–Crippen LogP) is 3.79. The summed E-state index contributed by atoms with van der Waals surface area (Å²) in [6, 6.07) is 0. The van der Waals surface area contributed by atoms with Crippen LogP contribution >= 0.6 is 0 Å². The molecular formula is C12H16. The topological polar surface area (TPSA) is 0 Å². The number of allylic oxidation sites excluding steroid dienone is 8. The molecule has 0 amide bonds. The zero-order valence-electron chi connectivity index (χ0n) is 7.45. The van der Waals surface area contributed by atoms with E-state index >= 15 is 0 Å². The highest BCUT2D eigenvalue weighted by molar-refractivity contribution is 5.07. The van der Waals surface area contributed by atoms with Crippen molar-refractivity contribution in [2.75, 3.05) is 0 Å². The summed E-state index contributed by atoms with van der Waals surface area (Å²) in [7, 11) is 0. The minimum atomic E-state index is 1.06. The first-order valence-corrected chi connectivity index (χ1v) is 4.62. The SMILES string of the molecule is C1=CCC/C=C\C/C=C/C=C\C1.